The molecule has 1 aliphatic heterocycles. The number of urea groups is 1. The highest BCUT2D eigenvalue weighted by Gasteiger charge is 2.34. The minimum absolute atomic E-state index is 0.0168. The Hall–Kier alpha value is -2.41. The van der Waals surface area contributed by atoms with Crippen molar-refractivity contribution in [2.45, 2.75) is 32.2 Å². The zero-order valence-electron chi connectivity index (χ0n) is 16.7. The third-order valence-electron chi connectivity index (χ3n) is 5.35. The van der Waals surface area contributed by atoms with Gasteiger partial charge in [0.15, 0.2) is 0 Å². The van der Waals surface area contributed by atoms with E-state index in [0.717, 1.165) is 29.5 Å². The summed E-state index contributed by atoms with van der Waals surface area (Å²) in [7, 11) is 0. The van der Waals surface area contributed by atoms with Crippen LogP contribution >= 0.6 is 11.6 Å². The molecular formula is C22H26ClN3O3. The van der Waals surface area contributed by atoms with E-state index in [0.29, 0.717) is 23.9 Å². The van der Waals surface area contributed by atoms with Crippen LogP contribution in [-0.4, -0.2) is 31.7 Å². The zero-order chi connectivity index (χ0) is 20.9. The highest BCUT2D eigenvalue weighted by molar-refractivity contribution is 6.30. The second kappa shape index (κ2) is 9.39. The summed E-state index contributed by atoms with van der Waals surface area (Å²) >= 11 is 6.01. The Morgan fingerprint density at radius 3 is 2.38 bits per heavy atom. The first-order valence-electron chi connectivity index (χ1n) is 9.65. The SMILES string of the molecule is Cc1ccc(NC(=O)NC(=O)CNC2(c3ccc(Cl)cc3)CCOCC2)cc1C. The third kappa shape index (κ3) is 5.56. The van der Waals surface area contributed by atoms with Crippen LogP contribution in [0.3, 0.4) is 0 Å². The summed E-state index contributed by atoms with van der Waals surface area (Å²) in [6, 6.07) is 12.7. The first kappa shape index (κ1) is 21.3. The van der Waals surface area contributed by atoms with Crippen LogP contribution in [0.1, 0.15) is 29.5 Å². The lowest BCUT2D eigenvalue weighted by Crippen LogP contribution is -2.51. The molecule has 0 spiro atoms. The zero-order valence-corrected chi connectivity index (χ0v) is 17.4. The van der Waals surface area contributed by atoms with Crippen molar-refractivity contribution in [2.75, 3.05) is 25.1 Å². The van der Waals surface area contributed by atoms with E-state index in [-0.39, 0.29) is 12.1 Å². The van der Waals surface area contributed by atoms with Gasteiger partial charge in [0.05, 0.1) is 6.54 Å². The lowest BCUT2D eigenvalue weighted by molar-refractivity contribution is -0.119. The Morgan fingerprint density at radius 2 is 1.72 bits per heavy atom. The van der Waals surface area contributed by atoms with Gasteiger partial charge in [-0.1, -0.05) is 29.8 Å². The maximum absolute atomic E-state index is 12.3. The standard InChI is InChI=1S/C22H26ClN3O3/c1-15-3-8-19(13-16(15)2)25-21(28)26-20(27)14-24-22(9-11-29-12-10-22)17-4-6-18(23)7-5-17/h3-8,13,24H,9-12,14H2,1-2H3,(H2,25,26,27,28). The van der Waals surface area contributed by atoms with E-state index in [9.17, 15) is 9.59 Å². The topological polar surface area (TPSA) is 79.5 Å². The molecule has 0 unspecified atom stereocenters. The number of hydrogen-bond donors (Lipinski definition) is 3. The number of amides is 3. The fourth-order valence-corrected chi connectivity index (χ4v) is 3.58. The average Bonchev–Trinajstić information content (AvgIpc) is 2.70. The molecule has 0 aromatic heterocycles. The summed E-state index contributed by atoms with van der Waals surface area (Å²) in [4.78, 5) is 24.5. The molecule has 1 aliphatic rings. The fraction of sp³-hybridized carbons (Fsp3) is 0.364. The van der Waals surface area contributed by atoms with Gasteiger partial charge >= 0.3 is 6.03 Å². The quantitative estimate of drug-likeness (QED) is 0.691. The summed E-state index contributed by atoms with van der Waals surface area (Å²) in [6.07, 6.45) is 1.47. The molecule has 1 fully saturated rings. The molecule has 7 heteroatoms. The lowest BCUT2D eigenvalue weighted by atomic mass is 9.82. The maximum Gasteiger partial charge on any atom is 0.325 e. The first-order valence-corrected chi connectivity index (χ1v) is 10.0. The molecule has 1 saturated heterocycles. The molecule has 0 bridgehead atoms. The summed E-state index contributed by atoms with van der Waals surface area (Å²) in [5, 5.41) is 9.07. The van der Waals surface area contributed by atoms with E-state index in [4.69, 9.17) is 16.3 Å². The van der Waals surface area contributed by atoms with Gasteiger partial charge in [0.2, 0.25) is 5.91 Å². The van der Waals surface area contributed by atoms with Gasteiger partial charge in [-0.2, -0.15) is 0 Å². The largest absolute Gasteiger partial charge is 0.381 e. The Kier molecular flexibility index (Phi) is 6.90. The Bertz CT molecular complexity index is 877. The molecule has 0 atom stereocenters. The number of ether oxygens (including phenoxy) is 1. The van der Waals surface area contributed by atoms with Gasteiger partial charge in [-0.25, -0.2) is 4.79 Å². The molecule has 1 heterocycles. The van der Waals surface area contributed by atoms with E-state index in [1.54, 1.807) is 0 Å². The van der Waals surface area contributed by atoms with Crippen molar-refractivity contribution in [3.63, 3.8) is 0 Å². The van der Waals surface area contributed by atoms with Crippen LogP contribution in [0.15, 0.2) is 42.5 Å². The molecule has 3 rings (SSSR count). The van der Waals surface area contributed by atoms with Crippen molar-refractivity contribution in [1.82, 2.24) is 10.6 Å². The molecule has 3 amide bonds. The van der Waals surface area contributed by atoms with E-state index >= 15 is 0 Å². The second-order valence-electron chi connectivity index (χ2n) is 7.36. The monoisotopic (exact) mass is 415 g/mol. The number of nitrogens with one attached hydrogen (secondary N) is 3. The first-order chi connectivity index (χ1) is 13.9. The smallest absolute Gasteiger partial charge is 0.325 e. The summed E-state index contributed by atoms with van der Waals surface area (Å²) in [5.74, 6) is -0.397. The van der Waals surface area contributed by atoms with Crippen LogP contribution in [-0.2, 0) is 15.1 Å². The molecule has 154 valence electrons. The Labute approximate surface area is 176 Å². The van der Waals surface area contributed by atoms with Gasteiger partial charge in [0, 0.05) is 29.5 Å². The summed E-state index contributed by atoms with van der Waals surface area (Å²) < 4.78 is 5.49. The number of benzene rings is 2. The molecule has 0 saturated carbocycles. The van der Waals surface area contributed by atoms with Gasteiger partial charge in [0.25, 0.3) is 0 Å². The molecular weight excluding hydrogens is 390 g/mol. The molecule has 6 nitrogen and oxygen atoms in total. The van der Waals surface area contributed by atoms with E-state index in [2.05, 4.69) is 16.0 Å². The van der Waals surface area contributed by atoms with Gasteiger partial charge < -0.3 is 10.1 Å². The maximum atomic E-state index is 12.3. The van der Waals surface area contributed by atoms with Crippen LogP contribution in [0, 0.1) is 13.8 Å². The highest BCUT2D eigenvalue weighted by Crippen LogP contribution is 2.32. The van der Waals surface area contributed by atoms with Crippen molar-refractivity contribution in [2.24, 2.45) is 0 Å². The van der Waals surface area contributed by atoms with Crippen molar-refractivity contribution >= 4 is 29.2 Å². The highest BCUT2D eigenvalue weighted by atomic mass is 35.5. The number of carbonyl (C=O) groups excluding carboxylic acids is 2. The number of anilines is 1. The van der Waals surface area contributed by atoms with Crippen LogP contribution in [0.25, 0.3) is 0 Å². The predicted octanol–water partition coefficient (Wildman–Crippen LogP) is 3.90. The summed E-state index contributed by atoms with van der Waals surface area (Å²) in [6.45, 7) is 5.19. The van der Waals surface area contributed by atoms with Gasteiger partial charge in [-0.05, 0) is 67.6 Å². The number of rotatable bonds is 5. The van der Waals surface area contributed by atoms with Gasteiger partial charge in [0.1, 0.15) is 0 Å². The normalized spacial score (nSPS) is 15.6. The van der Waals surface area contributed by atoms with Crippen LogP contribution in [0.5, 0.6) is 0 Å². The number of carbonyl (C=O) groups is 2. The number of halogens is 1. The summed E-state index contributed by atoms with van der Waals surface area (Å²) in [5.41, 5.74) is 3.52. The third-order valence-corrected chi connectivity index (χ3v) is 5.60. The van der Waals surface area contributed by atoms with Crippen molar-refractivity contribution < 1.29 is 14.3 Å². The lowest BCUT2D eigenvalue weighted by Gasteiger charge is -2.38. The fourth-order valence-electron chi connectivity index (χ4n) is 3.46. The van der Waals surface area contributed by atoms with E-state index in [1.165, 1.54) is 0 Å². The van der Waals surface area contributed by atoms with E-state index < -0.39 is 11.9 Å². The van der Waals surface area contributed by atoms with Crippen molar-refractivity contribution in [3.8, 4) is 0 Å². The minimum atomic E-state index is -0.549. The van der Waals surface area contributed by atoms with Gasteiger partial charge in [-0.3, -0.25) is 15.4 Å². The molecule has 2 aromatic carbocycles. The van der Waals surface area contributed by atoms with Crippen LogP contribution < -0.4 is 16.0 Å². The van der Waals surface area contributed by atoms with Crippen molar-refractivity contribution in [3.05, 3.63) is 64.2 Å². The van der Waals surface area contributed by atoms with Crippen molar-refractivity contribution in [1.29, 1.82) is 0 Å². The minimum Gasteiger partial charge on any atom is -0.381 e. The van der Waals surface area contributed by atoms with E-state index in [1.807, 2.05) is 56.3 Å². The molecule has 2 aromatic rings. The van der Waals surface area contributed by atoms with Crippen LogP contribution in [0.4, 0.5) is 10.5 Å². The number of imide groups is 1. The predicted molar refractivity (Wildman–Crippen MR) is 114 cm³/mol. The number of hydrogen-bond acceptors (Lipinski definition) is 4. The second-order valence-corrected chi connectivity index (χ2v) is 7.79. The molecule has 0 aliphatic carbocycles. The Morgan fingerprint density at radius 1 is 1.03 bits per heavy atom. The molecule has 29 heavy (non-hydrogen) atoms. The number of aryl methyl sites for hydroxylation is 2. The molecule has 3 N–H and O–H groups in total. The van der Waals surface area contributed by atoms with Gasteiger partial charge in [-0.15, -0.1) is 0 Å². The Balaban J connectivity index is 1.59. The average molecular weight is 416 g/mol. The van der Waals surface area contributed by atoms with Crippen LogP contribution in [0.2, 0.25) is 5.02 Å². The molecule has 0 radical (unpaired) electrons.